The van der Waals surface area contributed by atoms with Crippen LogP contribution in [-0.4, -0.2) is 5.78 Å². The van der Waals surface area contributed by atoms with E-state index in [-0.39, 0.29) is 5.78 Å². The molecule has 1 nitrogen and oxygen atoms in total. The quantitative estimate of drug-likeness (QED) is 0.739. The summed E-state index contributed by atoms with van der Waals surface area (Å²) in [5.74, 6) is 0.0302. The Kier molecular flexibility index (Phi) is 3.56. The molecule has 2 aromatic carbocycles. The third-order valence-electron chi connectivity index (χ3n) is 2.17. The lowest BCUT2D eigenvalue weighted by molar-refractivity contribution is 0.103. The van der Waals surface area contributed by atoms with Crippen molar-refractivity contribution in [3.8, 4) is 0 Å². The van der Waals surface area contributed by atoms with Crippen LogP contribution in [0.5, 0.6) is 0 Å². The van der Waals surface area contributed by atoms with Gasteiger partial charge in [0.05, 0.1) is 0 Å². The number of carbonyl (C=O) groups is 1. The minimum Gasteiger partial charge on any atom is -0.289 e. The fraction of sp³-hybridized carbons (Fsp3) is 0. The number of carbonyl (C=O) groups excluding carboxylic acids is 1. The maximum atomic E-state index is 12.1. The number of benzene rings is 2. The lowest BCUT2D eigenvalue weighted by atomic mass is 10.0. The van der Waals surface area contributed by atoms with Crippen LogP contribution in [-0.2, 0) is 0 Å². The van der Waals surface area contributed by atoms with Gasteiger partial charge in [-0.05, 0) is 24.3 Å². The Balaban J connectivity index is 2.39. The maximum absolute atomic E-state index is 12.1. The summed E-state index contributed by atoms with van der Waals surface area (Å²) in [4.78, 5) is 12.1. The first kappa shape index (κ1) is 11.6. The summed E-state index contributed by atoms with van der Waals surface area (Å²) in [5, 5.41) is 0. The van der Waals surface area contributed by atoms with Gasteiger partial charge in [-0.3, -0.25) is 4.79 Å². The van der Waals surface area contributed by atoms with E-state index in [9.17, 15) is 4.79 Å². The van der Waals surface area contributed by atoms with Gasteiger partial charge in [0, 0.05) is 20.1 Å². The lowest BCUT2D eigenvalue weighted by Gasteiger charge is -2.02. The fourth-order valence-corrected chi connectivity index (χ4v) is 2.22. The molecule has 80 valence electrons. The molecule has 0 atom stereocenters. The predicted octanol–water partition coefficient (Wildman–Crippen LogP) is 4.44. The molecule has 0 aliphatic heterocycles. The number of rotatable bonds is 2. The Morgan fingerprint density at radius 2 is 1.25 bits per heavy atom. The highest BCUT2D eigenvalue weighted by Gasteiger charge is 2.08. The van der Waals surface area contributed by atoms with Crippen LogP contribution >= 0.6 is 31.9 Å². The van der Waals surface area contributed by atoms with Crippen molar-refractivity contribution in [3.63, 3.8) is 0 Å². The van der Waals surface area contributed by atoms with Gasteiger partial charge in [0.15, 0.2) is 5.78 Å². The number of ketones is 1. The smallest absolute Gasteiger partial charge is 0.193 e. The van der Waals surface area contributed by atoms with Crippen LogP contribution in [0.2, 0.25) is 0 Å². The van der Waals surface area contributed by atoms with Crippen LogP contribution in [0.4, 0.5) is 0 Å². The van der Waals surface area contributed by atoms with Gasteiger partial charge in [0.2, 0.25) is 0 Å². The Morgan fingerprint density at radius 1 is 0.812 bits per heavy atom. The molecule has 2 rings (SSSR count). The molecule has 0 saturated heterocycles. The highest BCUT2D eigenvalue weighted by atomic mass is 79.9. The second-order valence-corrected chi connectivity index (χ2v) is 5.18. The summed E-state index contributed by atoms with van der Waals surface area (Å²) in [5.41, 5.74) is 1.37. The van der Waals surface area contributed by atoms with E-state index in [1.165, 1.54) is 0 Å². The molecule has 0 radical (unpaired) electrons. The first-order valence-electron chi connectivity index (χ1n) is 4.72. The van der Waals surface area contributed by atoms with Crippen LogP contribution in [0.15, 0.2) is 57.5 Å². The largest absolute Gasteiger partial charge is 0.289 e. The Bertz CT molecular complexity index is 487. The Morgan fingerprint density at radius 3 is 1.62 bits per heavy atom. The summed E-state index contributed by atoms with van der Waals surface area (Å²) in [6.07, 6.45) is 0. The van der Waals surface area contributed by atoms with E-state index in [4.69, 9.17) is 0 Å². The topological polar surface area (TPSA) is 17.1 Å². The van der Waals surface area contributed by atoms with Crippen molar-refractivity contribution in [2.24, 2.45) is 0 Å². The first-order chi connectivity index (χ1) is 7.66. The highest BCUT2D eigenvalue weighted by Crippen LogP contribution is 2.18. The Hall–Kier alpha value is -0.930. The van der Waals surface area contributed by atoms with Crippen LogP contribution < -0.4 is 0 Å². The molecule has 0 heterocycles. The second kappa shape index (κ2) is 4.93. The van der Waals surface area contributed by atoms with Gasteiger partial charge in [-0.2, -0.15) is 0 Å². The van der Waals surface area contributed by atoms with Crippen molar-refractivity contribution in [3.05, 3.63) is 68.6 Å². The van der Waals surface area contributed by atoms with E-state index in [0.29, 0.717) is 11.1 Å². The third-order valence-corrected chi connectivity index (χ3v) is 3.16. The number of halogens is 2. The molecule has 2 aromatic rings. The van der Waals surface area contributed by atoms with E-state index >= 15 is 0 Å². The molecule has 0 aromatic heterocycles. The molecular weight excluding hydrogens is 332 g/mol. The monoisotopic (exact) mass is 338 g/mol. The van der Waals surface area contributed by atoms with Crippen molar-refractivity contribution in [2.45, 2.75) is 0 Å². The predicted molar refractivity (Wildman–Crippen MR) is 71.7 cm³/mol. The van der Waals surface area contributed by atoms with E-state index in [1.807, 2.05) is 48.5 Å². The molecule has 0 unspecified atom stereocenters. The normalized spacial score (nSPS) is 10.1. The van der Waals surface area contributed by atoms with Gasteiger partial charge in [0.25, 0.3) is 0 Å². The highest BCUT2D eigenvalue weighted by molar-refractivity contribution is 9.10. The molecule has 3 heteroatoms. The van der Waals surface area contributed by atoms with Crippen LogP contribution in [0.1, 0.15) is 15.9 Å². The number of hydrogen-bond acceptors (Lipinski definition) is 1. The van der Waals surface area contributed by atoms with Crippen molar-refractivity contribution in [2.75, 3.05) is 0 Å². The lowest BCUT2D eigenvalue weighted by Crippen LogP contribution is -2.00. The SMILES string of the molecule is O=C(c1cccc(Br)c1)c1cccc(Br)c1. The van der Waals surface area contributed by atoms with Gasteiger partial charge in [-0.1, -0.05) is 56.1 Å². The fourth-order valence-electron chi connectivity index (χ4n) is 1.43. The molecule has 0 fully saturated rings. The van der Waals surface area contributed by atoms with Crippen molar-refractivity contribution in [1.29, 1.82) is 0 Å². The summed E-state index contributed by atoms with van der Waals surface area (Å²) < 4.78 is 1.82. The summed E-state index contributed by atoms with van der Waals surface area (Å²) in [7, 11) is 0. The van der Waals surface area contributed by atoms with E-state index in [0.717, 1.165) is 8.95 Å². The van der Waals surface area contributed by atoms with Crippen molar-refractivity contribution >= 4 is 37.6 Å². The van der Waals surface area contributed by atoms with Crippen molar-refractivity contribution < 1.29 is 4.79 Å². The third kappa shape index (κ3) is 2.60. The Labute approximate surface area is 111 Å². The molecule has 0 spiro atoms. The zero-order valence-electron chi connectivity index (χ0n) is 8.28. The summed E-state index contributed by atoms with van der Waals surface area (Å²) in [6.45, 7) is 0. The molecule has 0 bridgehead atoms. The van der Waals surface area contributed by atoms with Gasteiger partial charge in [0.1, 0.15) is 0 Å². The van der Waals surface area contributed by atoms with E-state index in [2.05, 4.69) is 31.9 Å². The minimum atomic E-state index is 0.0302. The standard InChI is InChI=1S/C13H8Br2O/c14-11-5-1-3-9(7-11)13(16)10-4-2-6-12(15)8-10/h1-8H. The molecule has 0 aliphatic rings. The number of hydrogen-bond donors (Lipinski definition) is 0. The van der Waals surface area contributed by atoms with Crippen LogP contribution in [0.3, 0.4) is 0 Å². The van der Waals surface area contributed by atoms with Gasteiger partial charge < -0.3 is 0 Å². The summed E-state index contributed by atoms with van der Waals surface area (Å²) >= 11 is 6.71. The average molecular weight is 340 g/mol. The van der Waals surface area contributed by atoms with Crippen molar-refractivity contribution in [1.82, 2.24) is 0 Å². The second-order valence-electron chi connectivity index (χ2n) is 3.35. The first-order valence-corrected chi connectivity index (χ1v) is 6.31. The molecule has 0 saturated carbocycles. The van der Waals surface area contributed by atoms with E-state index in [1.54, 1.807) is 0 Å². The summed E-state index contributed by atoms with van der Waals surface area (Å²) in [6, 6.07) is 14.8. The van der Waals surface area contributed by atoms with Gasteiger partial charge in [-0.25, -0.2) is 0 Å². The van der Waals surface area contributed by atoms with Gasteiger partial charge in [-0.15, -0.1) is 0 Å². The van der Waals surface area contributed by atoms with Gasteiger partial charge >= 0.3 is 0 Å². The molecule has 0 aliphatic carbocycles. The minimum absolute atomic E-state index is 0.0302. The molecule has 16 heavy (non-hydrogen) atoms. The molecular formula is C13H8Br2O. The van der Waals surface area contributed by atoms with E-state index < -0.39 is 0 Å². The zero-order chi connectivity index (χ0) is 11.5. The molecule has 0 amide bonds. The molecule has 0 N–H and O–H groups in total. The van der Waals surface area contributed by atoms with Crippen LogP contribution in [0.25, 0.3) is 0 Å². The average Bonchev–Trinajstić information content (AvgIpc) is 2.28. The zero-order valence-corrected chi connectivity index (χ0v) is 11.5. The maximum Gasteiger partial charge on any atom is 0.193 e. The van der Waals surface area contributed by atoms with Crippen LogP contribution in [0, 0.1) is 0 Å².